The number of sulfonamides is 2. The monoisotopic (exact) mass is 519 g/mol. The van der Waals surface area contributed by atoms with E-state index in [1.54, 1.807) is 34.6 Å². The zero-order chi connectivity index (χ0) is 26.3. The van der Waals surface area contributed by atoms with Gasteiger partial charge in [-0.2, -0.15) is 8.61 Å². The highest BCUT2D eigenvalue weighted by Gasteiger charge is 2.34. The molecule has 1 N–H and O–H groups in total. The highest BCUT2D eigenvalue weighted by Crippen LogP contribution is 2.32. The van der Waals surface area contributed by atoms with Crippen molar-refractivity contribution in [2.24, 2.45) is 0 Å². The number of benzene rings is 1. The second-order valence-electron chi connectivity index (χ2n) is 6.99. The molecule has 0 fully saturated rings. The number of methoxy groups -OCH3 is 2. The smallest absolute Gasteiger partial charge is 0.354 e. The van der Waals surface area contributed by atoms with E-state index < -0.39 is 36.9 Å². The third kappa shape index (κ3) is 6.34. The van der Waals surface area contributed by atoms with Gasteiger partial charge in [-0.1, -0.05) is 27.7 Å². The van der Waals surface area contributed by atoms with Crippen molar-refractivity contribution in [3.05, 3.63) is 29.5 Å². The first-order valence-electron chi connectivity index (χ1n) is 10.6. The summed E-state index contributed by atoms with van der Waals surface area (Å²) in [5, 5.41) is 2.68. The highest BCUT2D eigenvalue weighted by atomic mass is 32.2. The van der Waals surface area contributed by atoms with Crippen molar-refractivity contribution in [2.75, 3.05) is 45.7 Å². The van der Waals surface area contributed by atoms with Gasteiger partial charge in [0.25, 0.3) is 0 Å². The van der Waals surface area contributed by atoms with Gasteiger partial charge in [-0.05, 0) is 24.6 Å². The van der Waals surface area contributed by atoms with E-state index in [2.05, 4.69) is 14.8 Å². The summed E-state index contributed by atoms with van der Waals surface area (Å²) in [6, 6.07) is 2.38. The number of hydrogen-bond donors (Lipinski definition) is 1. The van der Waals surface area contributed by atoms with E-state index in [4.69, 9.17) is 0 Å². The number of esters is 2. The van der Waals surface area contributed by atoms with Crippen LogP contribution in [0.4, 0.5) is 5.69 Å². The van der Waals surface area contributed by atoms with Crippen LogP contribution >= 0.6 is 0 Å². The first-order valence-corrected chi connectivity index (χ1v) is 13.5. The molecule has 1 aromatic rings. The summed E-state index contributed by atoms with van der Waals surface area (Å²) >= 11 is 0. The number of nitrogens with one attached hydrogen (secondary N) is 1. The minimum Gasteiger partial charge on any atom is -0.466 e. The fourth-order valence-corrected chi connectivity index (χ4v) is 6.95. The Morgan fingerprint density at radius 1 is 0.853 bits per heavy atom. The predicted molar refractivity (Wildman–Crippen MR) is 127 cm³/mol. The molecule has 0 bridgehead atoms. The minimum absolute atomic E-state index is 0.102. The number of rotatable bonds is 12. The fourth-order valence-electron chi connectivity index (χ4n) is 3.18. The molecule has 0 amide bonds. The Kier molecular flexibility index (Phi) is 10.7. The van der Waals surface area contributed by atoms with Crippen LogP contribution in [-0.4, -0.2) is 77.8 Å². The average molecular weight is 520 g/mol. The van der Waals surface area contributed by atoms with Gasteiger partial charge in [-0.3, -0.25) is 0 Å². The third-order valence-electron chi connectivity index (χ3n) is 5.08. The van der Waals surface area contributed by atoms with Crippen molar-refractivity contribution in [3.8, 4) is 0 Å². The highest BCUT2D eigenvalue weighted by molar-refractivity contribution is 7.92. The van der Waals surface area contributed by atoms with Gasteiger partial charge >= 0.3 is 11.9 Å². The van der Waals surface area contributed by atoms with Crippen molar-refractivity contribution >= 4 is 37.7 Å². The second-order valence-corrected chi connectivity index (χ2v) is 10.8. The molecule has 0 radical (unpaired) electrons. The maximum absolute atomic E-state index is 13.5. The Labute approximate surface area is 201 Å². The van der Waals surface area contributed by atoms with Crippen LogP contribution in [-0.2, 0) is 39.1 Å². The topological polar surface area (TPSA) is 139 Å². The normalized spacial score (nSPS) is 12.7. The van der Waals surface area contributed by atoms with Crippen LogP contribution in [0.5, 0.6) is 0 Å². The quantitative estimate of drug-likeness (QED) is 0.323. The SMILES string of the molecule is CCN(CC)S(=O)(=O)c1cc(C)c(N/C(=C/C(=O)OC)C(=O)OC)cc1S(=O)(=O)N(CC)CC. The predicted octanol–water partition coefficient (Wildman–Crippen LogP) is 1.70. The molecule has 0 unspecified atom stereocenters. The standard InChI is InChI=1S/C21H33N3O8S2/c1-8-23(9-2)33(27,28)18-12-15(5)16(13-19(18)34(29,30)24(10-3)11-4)22-17(21(26)32-7)14-20(25)31-6/h12-14,22H,8-11H2,1-7H3/b17-14+. The van der Waals surface area contributed by atoms with Crippen LogP contribution in [0.2, 0.25) is 0 Å². The lowest BCUT2D eigenvalue weighted by molar-refractivity contribution is -0.138. The van der Waals surface area contributed by atoms with Gasteiger partial charge in [0.15, 0.2) is 0 Å². The zero-order valence-electron chi connectivity index (χ0n) is 20.5. The van der Waals surface area contributed by atoms with Gasteiger partial charge in [0, 0.05) is 31.9 Å². The number of anilines is 1. The van der Waals surface area contributed by atoms with E-state index in [1.165, 1.54) is 6.07 Å². The lowest BCUT2D eigenvalue weighted by Gasteiger charge is -2.25. The summed E-state index contributed by atoms with van der Waals surface area (Å²) < 4.78 is 65.2. The lowest BCUT2D eigenvalue weighted by atomic mass is 10.2. The minimum atomic E-state index is -4.23. The van der Waals surface area contributed by atoms with E-state index in [-0.39, 0.29) is 42.5 Å². The lowest BCUT2D eigenvalue weighted by Crippen LogP contribution is -2.35. The van der Waals surface area contributed by atoms with E-state index in [0.717, 1.165) is 35.0 Å². The van der Waals surface area contributed by atoms with Crippen LogP contribution < -0.4 is 5.32 Å². The van der Waals surface area contributed by atoms with Crippen molar-refractivity contribution in [2.45, 2.75) is 44.4 Å². The Bertz CT molecular complexity index is 1140. The molecule has 0 atom stereocenters. The molecule has 0 saturated heterocycles. The van der Waals surface area contributed by atoms with Crippen LogP contribution in [0.25, 0.3) is 0 Å². The molecule has 1 aromatic carbocycles. The number of carbonyl (C=O) groups excluding carboxylic acids is 2. The van der Waals surface area contributed by atoms with E-state index in [0.29, 0.717) is 5.56 Å². The summed E-state index contributed by atoms with van der Waals surface area (Å²) in [7, 11) is -6.16. The molecule has 192 valence electrons. The number of aryl methyl sites for hydroxylation is 1. The van der Waals surface area contributed by atoms with Gasteiger partial charge in [0.05, 0.1) is 20.3 Å². The van der Waals surface area contributed by atoms with Gasteiger partial charge in [0.2, 0.25) is 20.0 Å². The molecule has 0 aliphatic carbocycles. The number of ether oxygens (including phenoxy) is 2. The summed E-state index contributed by atoms with van der Waals surface area (Å²) in [6.07, 6.45) is 0.852. The molecule has 0 spiro atoms. The largest absolute Gasteiger partial charge is 0.466 e. The van der Waals surface area contributed by atoms with E-state index in [1.807, 2.05) is 0 Å². The molecule has 0 saturated carbocycles. The average Bonchev–Trinajstić information content (AvgIpc) is 2.79. The van der Waals surface area contributed by atoms with Crippen molar-refractivity contribution < 1.29 is 35.9 Å². The van der Waals surface area contributed by atoms with Crippen molar-refractivity contribution in [3.63, 3.8) is 0 Å². The van der Waals surface area contributed by atoms with Crippen molar-refractivity contribution in [1.82, 2.24) is 8.61 Å². The van der Waals surface area contributed by atoms with E-state index >= 15 is 0 Å². The number of hydrogen-bond acceptors (Lipinski definition) is 9. The molecule has 0 heterocycles. The first-order chi connectivity index (χ1) is 15.8. The molecule has 0 aromatic heterocycles. The zero-order valence-corrected chi connectivity index (χ0v) is 22.2. The summed E-state index contributed by atoms with van der Waals surface area (Å²) in [5.74, 6) is -1.75. The van der Waals surface area contributed by atoms with Gasteiger partial charge in [-0.25, -0.2) is 26.4 Å². The van der Waals surface area contributed by atoms with Crippen LogP contribution in [0.15, 0.2) is 33.7 Å². The van der Waals surface area contributed by atoms with Gasteiger partial charge < -0.3 is 14.8 Å². The summed E-state index contributed by atoms with van der Waals surface area (Å²) in [6.45, 7) is 8.68. The Morgan fingerprint density at radius 2 is 1.29 bits per heavy atom. The van der Waals surface area contributed by atoms with E-state index in [9.17, 15) is 26.4 Å². The molecule has 1 rings (SSSR count). The Hall–Kier alpha value is -2.48. The first kappa shape index (κ1) is 29.6. The molecular formula is C21H33N3O8S2. The van der Waals surface area contributed by atoms with Crippen LogP contribution in [0.1, 0.15) is 33.3 Å². The third-order valence-corrected chi connectivity index (χ3v) is 9.38. The van der Waals surface area contributed by atoms with Gasteiger partial charge in [-0.15, -0.1) is 0 Å². The van der Waals surface area contributed by atoms with Crippen molar-refractivity contribution in [1.29, 1.82) is 0 Å². The summed E-state index contributed by atoms with van der Waals surface area (Å²) in [4.78, 5) is 23.1. The molecule has 0 aliphatic heterocycles. The molecule has 11 nitrogen and oxygen atoms in total. The number of carbonyl (C=O) groups is 2. The second kappa shape index (κ2) is 12.3. The molecule has 0 aliphatic rings. The van der Waals surface area contributed by atoms with Crippen LogP contribution in [0.3, 0.4) is 0 Å². The molecular weight excluding hydrogens is 486 g/mol. The van der Waals surface area contributed by atoms with Gasteiger partial charge in [0.1, 0.15) is 15.5 Å². The maximum atomic E-state index is 13.5. The fraction of sp³-hybridized carbons (Fsp3) is 0.524. The summed E-state index contributed by atoms with van der Waals surface area (Å²) in [5.41, 5.74) is 0.108. The Balaban J connectivity index is 3.94. The van der Waals surface area contributed by atoms with Crippen LogP contribution in [0, 0.1) is 6.92 Å². The maximum Gasteiger partial charge on any atom is 0.354 e. The molecule has 34 heavy (non-hydrogen) atoms. The Morgan fingerprint density at radius 3 is 1.68 bits per heavy atom. The number of nitrogens with zero attached hydrogens (tertiary/aromatic N) is 2. The molecule has 13 heteroatoms.